The lowest BCUT2D eigenvalue weighted by Gasteiger charge is -2.14. The molecule has 20 heavy (non-hydrogen) atoms. The van der Waals surface area contributed by atoms with Crippen LogP contribution in [0.3, 0.4) is 0 Å². The zero-order chi connectivity index (χ0) is 14.5. The van der Waals surface area contributed by atoms with Crippen LogP contribution in [-0.2, 0) is 13.2 Å². The Kier molecular flexibility index (Phi) is 5.68. The van der Waals surface area contributed by atoms with Crippen molar-refractivity contribution in [3.8, 4) is 11.5 Å². The maximum absolute atomic E-state index is 9.19. The van der Waals surface area contributed by atoms with Gasteiger partial charge in [0.1, 0.15) is 6.61 Å². The number of ether oxygens (including phenoxy) is 2. The number of hydrogen-bond acceptors (Lipinski definition) is 3. The van der Waals surface area contributed by atoms with E-state index in [9.17, 15) is 5.11 Å². The van der Waals surface area contributed by atoms with Gasteiger partial charge in [-0.25, -0.2) is 0 Å². The fourth-order valence-corrected chi connectivity index (χ4v) is 2.70. The summed E-state index contributed by atoms with van der Waals surface area (Å²) < 4.78 is 13.1. The van der Waals surface area contributed by atoms with Crippen LogP contribution >= 0.6 is 38.5 Å². The molecule has 0 aliphatic carbocycles. The molecule has 2 aromatic rings. The van der Waals surface area contributed by atoms with Gasteiger partial charge in [-0.15, -0.1) is 0 Å². The molecule has 0 aromatic heterocycles. The van der Waals surface area contributed by atoms with Gasteiger partial charge in [0.05, 0.1) is 18.2 Å². The predicted molar refractivity (Wildman–Crippen MR) is 90.1 cm³/mol. The summed E-state index contributed by atoms with van der Waals surface area (Å²) in [6, 6.07) is 11.7. The van der Waals surface area contributed by atoms with Crippen molar-refractivity contribution >= 4 is 38.5 Å². The molecule has 2 rings (SSSR count). The third-order valence-corrected chi connectivity index (χ3v) is 4.08. The van der Waals surface area contributed by atoms with Crippen molar-refractivity contribution in [2.75, 3.05) is 7.11 Å². The van der Waals surface area contributed by atoms with E-state index in [2.05, 4.69) is 38.5 Å². The lowest BCUT2D eigenvalue weighted by atomic mass is 10.2. The molecule has 1 N–H and O–H groups in total. The van der Waals surface area contributed by atoms with E-state index in [0.717, 1.165) is 15.6 Å². The minimum Gasteiger partial charge on any atom is -0.493 e. The SMILES string of the molecule is COc1cc(CO)cc(Br)c1OCc1ccc(I)cc1. The fourth-order valence-electron chi connectivity index (χ4n) is 1.74. The van der Waals surface area contributed by atoms with E-state index in [1.165, 1.54) is 3.57 Å². The smallest absolute Gasteiger partial charge is 0.175 e. The van der Waals surface area contributed by atoms with Crippen LogP contribution in [-0.4, -0.2) is 12.2 Å². The highest BCUT2D eigenvalue weighted by Gasteiger charge is 2.11. The second-order valence-electron chi connectivity index (χ2n) is 4.18. The molecule has 106 valence electrons. The highest BCUT2D eigenvalue weighted by Crippen LogP contribution is 2.37. The quantitative estimate of drug-likeness (QED) is 0.699. The summed E-state index contributed by atoms with van der Waals surface area (Å²) in [6.45, 7) is 0.427. The Bertz CT molecular complexity index is 584. The van der Waals surface area contributed by atoms with Gasteiger partial charge in [0.25, 0.3) is 0 Å². The molecule has 2 aromatic carbocycles. The van der Waals surface area contributed by atoms with Gasteiger partial charge in [0.15, 0.2) is 11.5 Å². The topological polar surface area (TPSA) is 38.7 Å². The molecule has 0 aliphatic rings. The maximum Gasteiger partial charge on any atom is 0.175 e. The normalized spacial score (nSPS) is 10.4. The summed E-state index contributed by atoms with van der Waals surface area (Å²) in [4.78, 5) is 0. The first-order valence-electron chi connectivity index (χ1n) is 5.98. The Morgan fingerprint density at radius 1 is 1.15 bits per heavy atom. The number of hydrogen-bond donors (Lipinski definition) is 1. The van der Waals surface area contributed by atoms with E-state index in [1.807, 2.05) is 30.3 Å². The van der Waals surface area contributed by atoms with E-state index in [-0.39, 0.29) is 6.61 Å². The summed E-state index contributed by atoms with van der Waals surface area (Å²) in [5, 5.41) is 9.19. The molecular weight excluding hydrogens is 435 g/mol. The van der Waals surface area contributed by atoms with Gasteiger partial charge in [0.2, 0.25) is 0 Å². The van der Waals surface area contributed by atoms with Crippen molar-refractivity contribution in [2.24, 2.45) is 0 Å². The average Bonchev–Trinajstić information content (AvgIpc) is 2.47. The standard InChI is InChI=1S/C15H14BrIO3/c1-19-14-7-11(8-18)6-13(16)15(14)20-9-10-2-4-12(17)5-3-10/h2-7,18H,8-9H2,1H3. The van der Waals surface area contributed by atoms with Crippen LogP contribution in [0.1, 0.15) is 11.1 Å². The van der Waals surface area contributed by atoms with Crippen molar-refractivity contribution in [2.45, 2.75) is 13.2 Å². The Hall–Kier alpha value is -0.790. The van der Waals surface area contributed by atoms with Crippen LogP contribution in [0.4, 0.5) is 0 Å². The second-order valence-corrected chi connectivity index (χ2v) is 6.28. The number of rotatable bonds is 5. The van der Waals surface area contributed by atoms with Crippen molar-refractivity contribution in [1.29, 1.82) is 0 Å². The molecule has 0 spiro atoms. The lowest BCUT2D eigenvalue weighted by molar-refractivity contribution is 0.273. The third kappa shape index (κ3) is 3.86. The van der Waals surface area contributed by atoms with Gasteiger partial charge in [-0.05, 0) is 73.9 Å². The average molecular weight is 449 g/mol. The minimum absolute atomic E-state index is 0.0354. The molecule has 0 bridgehead atoms. The third-order valence-electron chi connectivity index (χ3n) is 2.77. The highest BCUT2D eigenvalue weighted by atomic mass is 127. The van der Waals surface area contributed by atoms with Crippen LogP contribution < -0.4 is 9.47 Å². The van der Waals surface area contributed by atoms with Crippen LogP contribution in [0.15, 0.2) is 40.9 Å². The molecule has 0 radical (unpaired) electrons. The Balaban J connectivity index is 2.18. The second kappa shape index (κ2) is 7.28. The number of aliphatic hydroxyl groups is 1. The number of aliphatic hydroxyl groups excluding tert-OH is 1. The van der Waals surface area contributed by atoms with Crippen molar-refractivity contribution in [3.63, 3.8) is 0 Å². The molecule has 0 atom stereocenters. The number of halogens is 2. The minimum atomic E-state index is -0.0354. The van der Waals surface area contributed by atoms with Crippen molar-refractivity contribution in [3.05, 3.63) is 55.6 Å². The van der Waals surface area contributed by atoms with Gasteiger partial charge in [0, 0.05) is 3.57 Å². The first-order chi connectivity index (χ1) is 9.63. The van der Waals surface area contributed by atoms with Crippen molar-refractivity contribution < 1.29 is 14.6 Å². The summed E-state index contributed by atoms with van der Waals surface area (Å²) >= 11 is 5.72. The molecule has 0 saturated carbocycles. The summed E-state index contributed by atoms with van der Waals surface area (Å²) in [5.74, 6) is 1.25. The highest BCUT2D eigenvalue weighted by molar-refractivity contribution is 14.1. The molecule has 0 aliphatic heterocycles. The zero-order valence-corrected chi connectivity index (χ0v) is 14.6. The molecule has 0 saturated heterocycles. The van der Waals surface area contributed by atoms with Crippen molar-refractivity contribution in [1.82, 2.24) is 0 Å². The zero-order valence-electron chi connectivity index (χ0n) is 10.9. The Morgan fingerprint density at radius 3 is 2.45 bits per heavy atom. The van der Waals surface area contributed by atoms with E-state index >= 15 is 0 Å². The molecule has 0 amide bonds. The molecular formula is C15H14BrIO3. The van der Waals surface area contributed by atoms with E-state index in [4.69, 9.17) is 9.47 Å². The Labute approximate surface area is 140 Å². The van der Waals surface area contributed by atoms with Crippen LogP contribution in [0.25, 0.3) is 0 Å². The molecule has 5 heteroatoms. The van der Waals surface area contributed by atoms with Crippen LogP contribution in [0, 0.1) is 3.57 Å². The lowest BCUT2D eigenvalue weighted by Crippen LogP contribution is -1.99. The predicted octanol–water partition coefficient (Wildman–Crippen LogP) is 4.13. The molecule has 0 fully saturated rings. The largest absolute Gasteiger partial charge is 0.493 e. The van der Waals surface area contributed by atoms with E-state index in [0.29, 0.717) is 18.1 Å². The van der Waals surface area contributed by atoms with Gasteiger partial charge in [-0.3, -0.25) is 0 Å². The van der Waals surface area contributed by atoms with Gasteiger partial charge < -0.3 is 14.6 Å². The first-order valence-corrected chi connectivity index (χ1v) is 7.85. The first kappa shape index (κ1) is 15.6. The van der Waals surface area contributed by atoms with Crippen LogP contribution in [0.2, 0.25) is 0 Å². The van der Waals surface area contributed by atoms with Crippen LogP contribution in [0.5, 0.6) is 11.5 Å². The van der Waals surface area contributed by atoms with E-state index in [1.54, 1.807) is 13.2 Å². The summed E-state index contributed by atoms with van der Waals surface area (Å²) in [6.07, 6.45) is 0. The van der Waals surface area contributed by atoms with Gasteiger partial charge in [-0.2, -0.15) is 0 Å². The number of benzene rings is 2. The molecule has 3 nitrogen and oxygen atoms in total. The van der Waals surface area contributed by atoms with Gasteiger partial charge in [-0.1, -0.05) is 12.1 Å². The Morgan fingerprint density at radius 2 is 1.85 bits per heavy atom. The summed E-state index contributed by atoms with van der Waals surface area (Å²) in [5.41, 5.74) is 1.86. The summed E-state index contributed by atoms with van der Waals surface area (Å²) in [7, 11) is 1.58. The fraction of sp³-hybridized carbons (Fsp3) is 0.200. The molecule has 0 heterocycles. The number of methoxy groups -OCH3 is 1. The van der Waals surface area contributed by atoms with Gasteiger partial charge >= 0.3 is 0 Å². The monoisotopic (exact) mass is 448 g/mol. The maximum atomic E-state index is 9.19. The molecule has 0 unspecified atom stereocenters. The van der Waals surface area contributed by atoms with E-state index < -0.39 is 0 Å².